The lowest BCUT2D eigenvalue weighted by molar-refractivity contribution is 0.627. The molecule has 2 rings (SSSR count). The van der Waals surface area contributed by atoms with Crippen molar-refractivity contribution in [2.45, 2.75) is 26.7 Å². The predicted octanol–water partition coefficient (Wildman–Crippen LogP) is 3.19. The van der Waals surface area contributed by atoms with E-state index in [1.54, 1.807) is 11.3 Å². The van der Waals surface area contributed by atoms with Gasteiger partial charge in [-0.25, -0.2) is 4.39 Å². The zero-order valence-corrected chi connectivity index (χ0v) is 12.1. The molecule has 1 aromatic carbocycles. The van der Waals surface area contributed by atoms with Crippen molar-refractivity contribution in [3.63, 3.8) is 0 Å². The summed E-state index contributed by atoms with van der Waals surface area (Å²) in [4.78, 5) is 0. The molecular weight excluding hydrogens is 261 g/mol. The molecule has 102 valence electrons. The SMILES string of the molecule is CCNCCCc1nnc(-c2cc(C)cc(F)c2)s1. The molecule has 0 aliphatic heterocycles. The lowest BCUT2D eigenvalue weighted by Gasteiger charge is -1.99. The second kappa shape index (κ2) is 6.73. The van der Waals surface area contributed by atoms with Gasteiger partial charge in [-0.1, -0.05) is 18.3 Å². The Labute approximate surface area is 116 Å². The Morgan fingerprint density at radius 2 is 2.11 bits per heavy atom. The number of hydrogen-bond donors (Lipinski definition) is 1. The van der Waals surface area contributed by atoms with Gasteiger partial charge in [-0.3, -0.25) is 0 Å². The van der Waals surface area contributed by atoms with E-state index in [0.717, 1.165) is 47.1 Å². The summed E-state index contributed by atoms with van der Waals surface area (Å²) in [5.74, 6) is -0.223. The smallest absolute Gasteiger partial charge is 0.147 e. The van der Waals surface area contributed by atoms with Crippen LogP contribution < -0.4 is 5.32 Å². The third-order valence-corrected chi connectivity index (χ3v) is 3.78. The molecule has 0 fully saturated rings. The van der Waals surface area contributed by atoms with Crippen molar-refractivity contribution in [1.29, 1.82) is 0 Å². The Balaban J connectivity index is 2.03. The van der Waals surface area contributed by atoms with E-state index in [9.17, 15) is 4.39 Å². The molecule has 0 spiro atoms. The van der Waals surface area contributed by atoms with Crippen molar-refractivity contribution < 1.29 is 4.39 Å². The molecule has 0 atom stereocenters. The molecule has 0 saturated carbocycles. The van der Waals surface area contributed by atoms with Crippen molar-refractivity contribution in [2.75, 3.05) is 13.1 Å². The maximum absolute atomic E-state index is 13.4. The predicted molar refractivity (Wildman–Crippen MR) is 76.9 cm³/mol. The van der Waals surface area contributed by atoms with Crippen LogP contribution in [0.4, 0.5) is 4.39 Å². The van der Waals surface area contributed by atoms with Gasteiger partial charge >= 0.3 is 0 Å². The molecule has 1 aromatic heterocycles. The first-order chi connectivity index (χ1) is 9.19. The van der Waals surface area contributed by atoms with Crippen LogP contribution in [0.3, 0.4) is 0 Å². The molecule has 0 aliphatic carbocycles. The standard InChI is InChI=1S/C14H18FN3S/c1-3-16-6-4-5-13-17-18-14(19-13)11-7-10(2)8-12(15)9-11/h7-9,16H,3-6H2,1-2H3. The van der Waals surface area contributed by atoms with Crippen LogP contribution in [-0.4, -0.2) is 23.3 Å². The molecule has 0 saturated heterocycles. The van der Waals surface area contributed by atoms with E-state index >= 15 is 0 Å². The van der Waals surface area contributed by atoms with Gasteiger partial charge in [-0.05, 0) is 50.2 Å². The van der Waals surface area contributed by atoms with Gasteiger partial charge < -0.3 is 5.32 Å². The molecule has 0 aliphatic rings. The van der Waals surface area contributed by atoms with Gasteiger partial charge in [0.1, 0.15) is 15.8 Å². The highest BCUT2D eigenvalue weighted by molar-refractivity contribution is 7.14. The van der Waals surface area contributed by atoms with Gasteiger partial charge in [0.25, 0.3) is 0 Å². The Morgan fingerprint density at radius 3 is 2.84 bits per heavy atom. The van der Waals surface area contributed by atoms with E-state index < -0.39 is 0 Å². The minimum atomic E-state index is -0.223. The average Bonchev–Trinajstić information content (AvgIpc) is 2.82. The molecule has 1 heterocycles. The zero-order chi connectivity index (χ0) is 13.7. The summed E-state index contributed by atoms with van der Waals surface area (Å²) in [5.41, 5.74) is 1.71. The monoisotopic (exact) mass is 279 g/mol. The number of aryl methyl sites for hydroxylation is 2. The van der Waals surface area contributed by atoms with E-state index in [1.807, 2.05) is 13.0 Å². The summed E-state index contributed by atoms with van der Waals surface area (Å²) in [6.07, 6.45) is 1.96. The summed E-state index contributed by atoms with van der Waals surface area (Å²) in [6.45, 7) is 5.95. The molecule has 0 bridgehead atoms. The molecule has 0 amide bonds. The fourth-order valence-corrected chi connectivity index (χ4v) is 2.74. The van der Waals surface area contributed by atoms with E-state index in [2.05, 4.69) is 22.4 Å². The third kappa shape index (κ3) is 4.08. The topological polar surface area (TPSA) is 37.8 Å². The van der Waals surface area contributed by atoms with E-state index in [1.165, 1.54) is 12.1 Å². The molecule has 0 radical (unpaired) electrons. The molecule has 1 N–H and O–H groups in total. The maximum Gasteiger partial charge on any atom is 0.147 e. The largest absolute Gasteiger partial charge is 0.317 e. The fraction of sp³-hybridized carbons (Fsp3) is 0.429. The first-order valence-corrected chi connectivity index (χ1v) is 7.31. The molecule has 19 heavy (non-hydrogen) atoms. The number of nitrogens with one attached hydrogen (secondary N) is 1. The fourth-order valence-electron chi connectivity index (χ4n) is 1.87. The van der Waals surface area contributed by atoms with Crippen LogP contribution in [0, 0.1) is 12.7 Å². The van der Waals surface area contributed by atoms with Crippen molar-refractivity contribution in [3.05, 3.63) is 34.6 Å². The zero-order valence-electron chi connectivity index (χ0n) is 11.2. The first kappa shape index (κ1) is 14.1. The van der Waals surface area contributed by atoms with Crippen molar-refractivity contribution >= 4 is 11.3 Å². The summed E-state index contributed by atoms with van der Waals surface area (Å²) in [7, 11) is 0. The highest BCUT2D eigenvalue weighted by Crippen LogP contribution is 2.25. The molecule has 2 aromatic rings. The van der Waals surface area contributed by atoms with Gasteiger partial charge in [-0.15, -0.1) is 10.2 Å². The van der Waals surface area contributed by atoms with Gasteiger partial charge in [0.15, 0.2) is 0 Å². The number of aromatic nitrogens is 2. The summed E-state index contributed by atoms with van der Waals surface area (Å²) in [5, 5.41) is 13.4. The van der Waals surface area contributed by atoms with Crippen molar-refractivity contribution in [1.82, 2.24) is 15.5 Å². The number of benzene rings is 1. The Hall–Kier alpha value is -1.33. The van der Waals surface area contributed by atoms with Crippen LogP contribution in [0.5, 0.6) is 0 Å². The summed E-state index contributed by atoms with van der Waals surface area (Å²) < 4.78 is 13.4. The highest BCUT2D eigenvalue weighted by Gasteiger charge is 2.08. The lowest BCUT2D eigenvalue weighted by Crippen LogP contribution is -2.14. The van der Waals surface area contributed by atoms with E-state index in [4.69, 9.17) is 0 Å². The van der Waals surface area contributed by atoms with E-state index in [-0.39, 0.29) is 5.82 Å². The number of halogens is 1. The van der Waals surface area contributed by atoms with Gasteiger partial charge in [0.2, 0.25) is 0 Å². The van der Waals surface area contributed by atoms with Gasteiger partial charge in [-0.2, -0.15) is 0 Å². The second-order valence-corrected chi connectivity index (χ2v) is 5.54. The molecule has 0 unspecified atom stereocenters. The number of rotatable bonds is 6. The number of nitrogens with zero attached hydrogens (tertiary/aromatic N) is 2. The van der Waals surface area contributed by atoms with Crippen LogP contribution in [0.2, 0.25) is 0 Å². The number of hydrogen-bond acceptors (Lipinski definition) is 4. The van der Waals surface area contributed by atoms with Gasteiger partial charge in [0.05, 0.1) is 0 Å². The van der Waals surface area contributed by atoms with E-state index in [0.29, 0.717) is 0 Å². The minimum Gasteiger partial charge on any atom is -0.317 e. The normalized spacial score (nSPS) is 10.9. The first-order valence-electron chi connectivity index (χ1n) is 6.49. The second-order valence-electron chi connectivity index (χ2n) is 4.48. The van der Waals surface area contributed by atoms with Crippen LogP contribution in [-0.2, 0) is 6.42 Å². The third-order valence-electron chi connectivity index (χ3n) is 2.75. The summed E-state index contributed by atoms with van der Waals surface area (Å²) in [6, 6.07) is 4.96. The highest BCUT2D eigenvalue weighted by atomic mass is 32.1. The molecular formula is C14H18FN3S. The van der Waals surface area contributed by atoms with Crippen LogP contribution >= 0.6 is 11.3 Å². The molecule has 5 heteroatoms. The summed E-state index contributed by atoms with van der Waals surface area (Å²) >= 11 is 1.54. The Kier molecular flexibility index (Phi) is 4.99. The van der Waals surface area contributed by atoms with Crippen molar-refractivity contribution in [2.24, 2.45) is 0 Å². The lowest BCUT2D eigenvalue weighted by atomic mass is 10.1. The average molecular weight is 279 g/mol. The van der Waals surface area contributed by atoms with Crippen molar-refractivity contribution in [3.8, 4) is 10.6 Å². The quantitative estimate of drug-likeness (QED) is 0.825. The van der Waals surface area contributed by atoms with Crippen LogP contribution in [0.15, 0.2) is 18.2 Å². The van der Waals surface area contributed by atoms with Gasteiger partial charge in [0, 0.05) is 12.0 Å². The Morgan fingerprint density at radius 1 is 1.26 bits per heavy atom. The Bertz CT molecular complexity index is 519. The maximum atomic E-state index is 13.4. The van der Waals surface area contributed by atoms with Crippen LogP contribution in [0.1, 0.15) is 23.9 Å². The molecule has 3 nitrogen and oxygen atoms in total. The minimum absolute atomic E-state index is 0.223. The van der Waals surface area contributed by atoms with Crippen LogP contribution in [0.25, 0.3) is 10.6 Å².